The van der Waals surface area contributed by atoms with Crippen LogP contribution in [0.1, 0.15) is 25.5 Å². The van der Waals surface area contributed by atoms with Crippen molar-refractivity contribution >= 4 is 21.7 Å². The molecule has 3 heterocycles. The third-order valence-corrected chi connectivity index (χ3v) is 7.29. The van der Waals surface area contributed by atoms with Gasteiger partial charge in [-0.05, 0) is 31.9 Å². The van der Waals surface area contributed by atoms with Crippen molar-refractivity contribution in [2.45, 2.75) is 35.8 Å². The van der Waals surface area contributed by atoms with Crippen molar-refractivity contribution in [1.29, 1.82) is 0 Å². The van der Waals surface area contributed by atoms with Crippen molar-refractivity contribution in [3.63, 3.8) is 0 Å². The second-order valence-electron chi connectivity index (χ2n) is 6.94. The molecule has 0 radical (unpaired) electrons. The Balaban J connectivity index is 1.68. The lowest BCUT2D eigenvalue weighted by Crippen LogP contribution is -2.48. The quantitative estimate of drug-likeness (QED) is 0.715. The maximum atomic E-state index is 15.4. The van der Waals surface area contributed by atoms with Crippen molar-refractivity contribution in [1.82, 2.24) is 15.0 Å². The summed E-state index contributed by atoms with van der Waals surface area (Å²) in [6.07, 6.45) is -2.85. The van der Waals surface area contributed by atoms with Crippen LogP contribution in [0.2, 0.25) is 0 Å². The number of pyridine rings is 1. The molecule has 1 N–H and O–H groups in total. The van der Waals surface area contributed by atoms with Gasteiger partial charge in [0.1, 0.15) is 12.0 Å². The number of likely N-dealkylation sites (tertiary alicyclic amines) is 1. The molecule has 1 saturated heterocycles. The number of nitrogens with one attached hydrogen (secondary N) is 1. The molecule has 164 valence electrons. The summed E-state index contributed by atoms with van der Waals surface area (Å²) in [5.41, 5.74) is -1.27. The molecule has 0 aliphatic carbocycles. The van der Waals surface area contributed by atoms with Gasteiger partial charge in [0, 0.05) is 31.3 Å². The van der Waals surface area contributed by atoms with Crippen LogP contribution in [0.15, 0.2) is 40.1 Å². The van der Waals surface area contributed by atoms with Gasteiger partial charge in [0.15, 0.2) is 5.82 Å². The van der Waals surface area contributed by atoms with E-state index < -0.39 is 43.6 Å². The maximum absolute atomic E-state index is 15.4. The second-order valence-corrected chi connectivity index (χ2v) is 9.22. The number of hydrogen-bond donors (Lipinski definition) is 1. The fraction of sp³-hybridized carbons (Fsp3) is 0.471. The Hall–Kier alpha value is -2.70. The van der Waals surface area contributed by atoms with Gasteiger partial charge in [0.05, 0.1) is 4.90 Å². The average molecular weight is 450 g/mol. The van der Waals surface area contributed by atoms with Crippen molar-refractivity contribution in [3.05, 3.63) is 36.4 Å². The van der Waals surface area contributed by atoms with Crippen molar-refractivity contribution < 1.29 is 35.3 Å². The molecule has 8 nitrogen and oxygen atoms in total. The molecule has 1 aliphatic rings. The molecule has 0 spiro atoms. The van der Waals surface area contributed by atoms with Gasteiger partial charge < -0.3 is 9.42 Å². The first-order valence-electron chi connectivity index (χ1n) is 8.86. The van der Waals surface area contributed by atoms with Crippen LogP contribution in [0.3, 0.4) is 0 Å². The fourth-order valence-corrected chi connectivity index (χ4v) is 4.79. The third-order valence-electron chi connectivity index (χ3n) is 5.05. The summed E-state index contributed by atoms with van der Waals surface area (Å²) in [6.45, 7) is 1.07. The number of piperidine rings is 1. The predicted octanol–water partition coefficient (Wildman–Crippen LogP) is 3.49. The maximum Gasteiger partial charge on any atom is 0.433 e. The lowest BCUT2D eigenvalue weighted by molar-refractivity contribution is -0.141. The zero-order valence-corrected chi connectivity index (χ0v) is 16.5. The Kier molecular flexibility index (Phi) is 5.76. The molecule has 2 aromatic heterocycles. The van der Waals surface area contributed by atoms with E-state index in [-0.39, 0.29) is 31.7 Å². The summed E-state index contributed by atoms with van der Waals surface area (Å²) in [7, 11) is -4.62. The summed E-state index contributed by atoms with van der Waals surface area (Å²) < 4.78 is 83.4. The first kappa shape index (κ1) is 22.0. The van der Waals surface area contributed by atoms with E-state index in [9.17, 15) is 26.4 Å². The number of amides is 2. The molecule has 1 aliphatic heterocycles. The molecule has 0 bridgehead atoms. The van der Waals surface area contributed by atoms with Crippen LogP contribution in [0.4, 0.5) is 28.2 Å². The molecule has 1 atom stereocenters. The number of anilines is 1. The molecule has 0 unspecified atom stereocenters. The van der Waals surface area contributed by atoms with Crippen LogP contribution >= 0.6 is 0 Å². The molecule has 0 aromatic carbocycles. The minimum absolute atomic E-state index is 0.0481. The number of sulfone groups is 1. The van der Waals surface area contributed by atoms with Crippen molar-refractivity contribution in [3.8, 4) is 0 Å². The largest absolute Gasteiger partial charge is 0.433 e. The first-order valence-corrected chi connectivity index (χ1v) is 10.3. The van der Waals surface area contributed by atoms with E-state index in [0.29, 0.717) is 18.3 Å². The number of carbonyl (C=O) groups excluding carboxylic acids is 1. The van der Waals surface area contributed by atoms with Gasteiger partial charge in [-0.2, -0.15) is 13.2 Å². The highest BCUT2D eigenvalue weighted by molar-refractivity contribution is 7.92. The summed E-state index contributed by atoms with van der Waals surface area (Å²) in [5.74, 6) is -0.754. The number of alkyl halides is 4. The molecule has 2 amide bonds. The molecule has 30 heavy (non-hydrogen) atoms. The zero-order valence-electron chi connectivity index (χ0n) is 15.7. The highest BCUT2D eigenvalue weighted by Crippen LogP contribution is 2.39. The monoisotopic (exact) mass is 450 g/mol. The molecule has 2 aromatic rings. The van der Waals surface area contributed by atoms with Crippen LogP contribution in [0, 0.1) is 5.92 Å². The van der Waals surface area contributed by atoms with E-state index in [1.807, 2.05) is 0 Å². The van der Waals surface area contributed by atoms with Gasteiger partial charge in [0.25, 0.3) is 0 Å². The van der Waals surface area contributed by atoms with E-state index in [2.05, 4.69) is 20.0 Å². The Morgan fingerprint density at radius 2 is 1.87 bits per heavy atom. The van der Waals surface area contributed by atoms with E-state index in [0.717, 1.165) is 6.92 Å². The predicted molar refractivity (Wildman–Crippen MR) is 95.8 cm³/mol. The zero-order chi connectivity index (χ0) is 22.2. The molecule has 0 saturated carbocycles. The second kappa shape index (κ2) is 7.85. The highest BCUT2D eigenvalue weighted by atomic mass is 32.2. The van der Waals surface area contributed by atoms with Crippen LogP contribution in [0.25, 0.3) is 0 Å². The number of urea groups is 1. The number of carbonyl (C=O) groups is 1. The molecule has 3 rings (SSSR count). The molecule has 1 fully saturated rings. The van der Waals surface area contributed by atoms with E-state index in [4.69, 9.17) is 0 Å². The van der Waals surface area contributed by atoms with E-state index >= 15 is 4.39 Å². The standard InChI is InChI=1S/C17H18F4N4O4S/c1-16(18,30(27,28)12-2-3-13(22-10-12)17(19,20)21)11-4-7-25(8-5-11)15(26)23-14-6-9-29-24-14/h2-3,6,9-11H,4-5,7-8H2,1H3,(H,23,24,26)/t16-/m0/s1. The highest BCUT2D eigenvalue weighted by Gasteiger charge is 2.49. The first-order chi connectivity index (χ1) is 13.9. The number of hydrogen-bond acceptors (Lipinski definition) is 6. The summed E-state index contributed by atoms with van der Waals surface area (Å²) in [5, 5.41) is 3.28. The normalized spacial score (nSPS) is 18.1. The number of aromatic nitrogens is 2. The van der Waals surface area contributed by atoms with E-state index in [1.54, 1.807) is 0 Å². The Bertz CT molecular complexity index is 984. The SMILES string of the molecule is C[C@@](F)(C1CCN(C(=O)Nc2ccon2)CC1)S(=O)(=O)c1ccc(C(F)(F)F)nc1. The Morgan fingerprint density at radius 3 is 2.37 bits per heavy atom. The van der Waals surface area contributed by atoms with Gasteiger partial charge in [-0.3, -0.25) is 10.3 Å². The number of halogens is 4. The summed E-state index contributed by atoms with van der Waals surface area (Å²) in [6, 6.07) is 2.15. The van der Waals surface area contributed by atoms with Crippen molar-refractivity contribution in [2.75, 3.05) is 18.4 Å². The fourth-order valence-electron chi connectivity index (χ4n) is 3.22. The topological polar surface area (TPSA) is 105 Å². The van der Waals surface area contributed by atoms with Crippen LogP contribution in [-0.2, 0) is 16.0 Å². The average Bonchev–Trinajstić information content (AvgIpc) is 3.20. The number of rotatable bonds is 4. The van der Waals surface area contributed by atoms with Crippen LogP contribution in [0.5, 0.6) is 0 Å². The van der Waals surface area contributed by atoms with Gasteiger partial charge in [-0.25, -0.2) is 17.6 Å². The molecule has 13 heteroatoms. The lowest BCUT2D eigenvalue weighted by Gasteiger charge is -2.37. The van der Waals surface area contributed by atoms with E-state index in [1.165, 1.54) is 17.2 Å². The van der Waals surface area contributed by atoms with Gasteiger partial charge in [0.2, 0.25) is 14.8 Å². The van der Waals surface area contributed by atoms with Crippen LogP contribution < -0.4 is 5.32 Å². The summed E-state index contributed by atoms with van der Waals surface area (Å²) >= 11 is 0. The molecular formula is C17H18F4N4O4S. The lowest BCUT2D eigenvalue weighted by atomic mass is 9.92. The smallest absolute Gasteiger partial charge is 0.363 e. The van der Waals surface area contributed by atoms with Crippen LogP contribution in [-0.4, -0.2) is 47.6 Å². The summed E-state index contributed by atoms with van der Waals surface area (Å²) in [4.78, 5) is 16.0. The minimum Gasteiger partial charge on any atom is -0.363 e. The number of nitrogens with zero attached hydrogens (tertiary/aromatic N) is 3. The van der Waals surface area contributed by atoms with Gasteiger partial charge >= 0.3 is 12.2 Å². The Labute approximate surface area is 169 Å². The van der Waals surface area contributed by atoms with Crippen molar-refractivity contribution in [2.24, 2.45) is 5.92 Å². The van der Waals surface area contributed by atoms with Gasteiger partial charge in [-0.15, -0.1) is 0 Å². The minimum atomic E-state index is -4.74. The van der Waals surface area contributed by atoms with Gasteiger partial charge in [-0.1, -0.05) is 5.16 Å². The third kappa shape index (κ3) is 4.25. The molecular weight excluding hydrogens is 432 g/mol. The Morgan fingerprint density at radius 1 is 1.20 bits per heavy atom.